The van der Waals surface area contributed by atoms with Gasteiger partial charge in [0.2, 0.25) is 0 Å². The Balaban J connectivity index is 1.75. The minimum Gasteiger partial charge on any atom is -0.386 e. The van der Waals surface area contributed by atoms with Gasteiger partial charge in [-0.15, -0.1) is 0 Å². The number of urea groups is 1. The molecule has 0 radical (unpaired) electrons. The number of rotatable bonds is 2. The van der Waals surface area contributed by atoms with Crippen molar-refractivity contribution in [3.05, 3.63) is 0 Å². The standard InChI is InChI=1S/C13H24N2O2/c1-10(2)13(17)8-15(9-13)12(16)14-11-6-4-3-5-7-11/h10-11,17H,3-9H2,1-2H3,(H,14,16). The van der Waals surface area contributed by atoms with Crippen LogP contribution in [0.15, 0.2) is 0 Å². The highest BCUT2D eigenvalue weighted by molar-refractivity contribution is 5.75. The normalized spacial score (nSPS) is 24.6. The van der Waals surface area contributed by atoms with Gasteiger partial charge in [-0.3, -0.25) is 0 Å². The van der Waals surface area contributed by atoms with Gasteiger partial charge in [-0.2, -0.15) is 0 Å². The molecule has 4 nitrogen and oxygen atoms in total. The maximum atomic E-state index is 11.9. The van der Waals surface area contributed by atoms with E-state index >= 15 is 0 Å². The lowest BCUT2D eigenvalue weighted by Gasteiger charge is -2.49. The largest absolute Gasteiger partial charge is 0.386 e. The summed E-state index contributed by atoms with van der Waals surface area (Å²) < 4.78 is 0. The second-order valence-electron chi connectivity index (χ2n) is 5.90. The molecule has 1 aliphatic heterocycles. The Morgan fingerprint density at radius 1 is 1.29 bits per heavy atom. The number of hydrogen-bond donors (Lipinski definition) is 2. The van der Waals surface area contributed by atoms with Crippen LogP contribution in [0.1, 0.15) is 46.0 Å². The van der Waals surface area contributed by atoms with Crippen LogP contribution in [-0.2, 0) is 0 Å². The Kier molecular flexibility index (Phi) is 3.61. The number of aliphatic hydroxyl groups is 1. The minimum atomic E-state index is -0.663. The van der Waals surface area contributed by atoms with Gasteiger partial charge in [0.05, 0.1) is 13.1 Å². The lowest BCUT2D eigenvalue weighted by molar-refractivity contribution is -0.108. The van der Waals surface area contributed by atoms with E-state index in [0.29, 0.717) is 19.1 Å². The first-order valence-corrected chi connectivity index (χ1v) is 6.79. The fourth-order valence-electron chi connectivity index (χ4n) is 2.64. The molecule has 2 aliphatic rings. The third kappa shape index (κ3) is 2.73. The van der Waals surface area contributed by atoms with Gasteiger partial charge >= 0.3 is 6.03 Å². The van der Waals surface area contributed by atoms with Crippen molar-refractivity contribution in [2.24, 2.45) is 5.92 Å². The van der Waals surface area contributed by atoms with Crippen molar-refractivity contribution in [1.29, 1.82) is 0 Å². The van der Waals surface area contributed by atoms with E-state index in [2.05, 4.69) is 5.32 Å². The summed E-state index contributed by atoms with van der Waals surface area (Å²) in [5.74, 6) is 0.209. The molecule has 0 bridgehead atoms. The molecule has 1 aliphatic carbocycles. The number of β-amino-alcohol motifs (C(OH)–C–C–N with tert-alkyl or cyclic N) is 1. The van der Waals surface area contributed by atoms with Crippen molar-refractivity contribution in [3.8, 4) is 0 Å². The number of likely N-dealkylation sites (tertiary alicyclic amines) is 1. The summed E-state index contributed by atoms with van der Waals surface area (Å²) in [7, 11) is 0. The maximum Gasteiger partial charge on any atom is 0.317 e. The van der Waals surface area contributed by atoms with E-state index in [1.54, 1.807) is 4.90 Å². The van der Waals surface area contributed by atoms with Crippen LogP contribution >= 0.6 is 0 Å². The predicted octanol–water partition coefficient (Wildman–Crippen LogP) is 1.73. The molecule has 2 N–H and O–H groups in total. The zero-order valence-corrected chi connectivity index (χ0v) is 10.9. The second kappa shape index (κ2) is 4.84. The highest BCUT2D eigenvalue weighted by Gasteiger charge is 2.46. The van der Waals surface area contributed by atoms with Gasteiger partial charge in [0.15, 0.2) is 0 Å². The Morgan fingerprint density at radius 3 is 2.41 bits per heavy atom. The van der Waals surface area contributed by atoms with Gasteiger partial charge in [0, 0.05) is 6.04 Å². The predicted molar refractivity (Wildman–Crippen MR) is 66.8 cm³/mol. The number of amides is 2. The maximum absolute atomic E-state index is 11.9. The summed E-state index contributed by atoms with van der Waals surface area (Å²) in [6.45, 7) is 4.94. The molecule has 0 unspecified atom stereocenters. The average molecular weight is 240 g/mol. The molecule has 0 aromatic carbocycles. The molecule has 0 spiro atoms. The Morgan fingerprint density at radius 2 is 1.88 bits per heavy atom. The van der Waals surface area contributed by atoms with Crippen molar-refractivity contribution in [2.45, 2.75) is 57.6 Å². The molecule has 4 heteroatoms. The summed E-state index contributed by atoms with van der Waals surface area (Å²) in [5, 5.41) is 13.2. The SMILES string of the molecule is CC(C)C1(O)CN(C(=O)NC2CCCCC2)C1. The first-order chi connectivity index (χ1) is 8.01. The van der Waals surface area contributed by atoms with Crippen LogP contribution < -0.4 is 5.32 Å². The van der Waals surface area contributed by atoms with Crippen LogP contribution in [0.5, 0.6) is 0 Å². The number of nitrogens with zero attached hydrogens (tertiary/aromatic N) is 1. The molecule has 1 saturated heterocycles. The van der Waals surface area contributed by atoms with Crippen LogP contribution in [0.3, 0.4) is 0 Å². The van der Waals surface area contributed by atoms with Gasteiger partial charge in [0.25, 0.3) is 0 Å². The first kappa shape index (κ1) is 12.7. The summed E-state index contributed by atoms with van der Waals surface area (Å²) >= 11 is 0. The molecular weight excluding hydrogens is 216 g/mol. The fraction of sp³-hybridized carbons (Fsp3) is 0.923. The number of carbonyl (C=O) groups is 1. The Labute approximate surface area is 103 Å². The summed E-state index contributed by atoms with van der Waals surface area (Å²) in [6, 6.07) is 0.353. The number of nitrogens with one attached hydrogen (secondary N) is 1. The second-order valence-corrected chi connectivity index (χ2v) is 5.90. The van der Waals surface area contributed by atoms with Gasteiger partial charge in [0.1, 0.15) is 5.60 Å². The molecular formula is C13H24N2O2. The van der Waals surface area contributed by atoms with Crippen molar-refractivity contribution >= 4 is 6.03 Å². The molecule has 1 heterocycles. The summed E-state index contributed by atoms with van der Waals surface area (Å²) in [5.41, 5.74) is -0.663. The Hall–Kier alpha value is -0.770. The molecule has 0 atom stereocenters. The zero-order chi connectivity index (χ0) is 12.5. The summed E-state index contributed by atoms with van der Waals surface area (Å²) in [4.78, 5) is 13.6. The van der Waals surface area contributed by atoms with Crippen LogP contribution in [0, 0.1) is 5.92 Å². The van der Waals surface area contributed by atoms with E-state index in [-0.39, 0.29) is 11.9 Å². The van der Waals surface area contributed by atoms with Crippen LogP contribution in [0.2, 0.25) is 0 Å². The highest BCUT2D eigenvalue weighted by Crippen LogP contribution is 2.28. The van der Waals surface area contributed by atoms with Crippen LogP contribution in [-0.4, -0.2) is 40.8 Å². The molecule has 98 valence electrons. The van der Waals surface area contributed by atoms with E-state index in [9.17, 15) is 9.90 Å². The molecule has 2 rings (SSSR count). The quantitative estimate of drug-likeness (QED) is 0.772. The Bertz CT molecular complexity index is 279. The molecule has 2 amide bonds. The van der Waals surface area contributed by atoms with E-state index in [4.69, 9.17) is 0 Å². The lowest BCUT2D eigenvalue weighted by Crippen LogP contribution is -2.68. The van der Waals surface area contributed by atoms with Gasteiger partial charge < -0.3 is 15.3 Å². The molecule has 0 aromatic rings. The van der Waals surface area contributed by atoms with Crippen molar-refractivity contribution in [2.75, 3.05) is 13.1 Å². The van der Waals surface area contributed by atoms with Gasteiger partial charge in [-0.25, -0.2) is 4.79 Å². The fourth-order valence-corrected chi connectivity index (χ4v) is 2.64. The molecule has 0 aromatic heterocycles. The van der Waals surface area contributed by atoms with Gasteiger partial charge in [-0.05, 0) is 18.8 Å². The summed E-state index contributed by atoms with van der Waals surface area (Å²) in [6.07, 6.45) is 5.95. The van der Waals surface area contributed by atoms with Crippen molar-refractivity contribution in [1.82, 2.24) is 10.2 Å². The number of carbonyl (C=O) groups excluding carboxylic acids is 1. The van der Waals surface area contributed by atoms with Crippen molar-refractivity contribution in [3.63, 3.8) is 0 Å². The zero-order valence-electron chi connectivity index (χ0n) is 10.9. The average Bonchev–Trinajstić information content (AvgIpc) is 2.25. The van der Waals surface area contributed by atoms with E-state index in [0.717, 1.165) is 12.8 Å². The van der Waals surface area contributed by atoms with Crippen LogP contribution in [0.4, 0.5) is 4.79 Å². The molecule has 2 fully saturated rings. The third-order valence-electron chi connectivity index (χ3n) is 4.22. The van der Waals surface area contributed by atoms with Crippen molar-refractivity contribution < 1.29 is 9.90 Å². The highest BCUT2D eigenvalue weighted by atomic mass is 16.3. The van der Waals surface area contributed by atoms with E-state index in [1.807, 2.05) is 13.8 Å². The first-order valence-electron chi connectivity index (χ1n) is 6.79. The monoisotopic (exact) mass is 240 g/mol. The third-order valence-corrected chi connectivity index (χ3v) is 4.22. The molecule has 17 heavy (non-hydrogen) atoms. The topological polar surface area (TPSA) is 52.6 Å². The minimum absolute atomic E-state index is 0.00206. The van der Waals surface area contributed by atoms with E-state index in [1.165, 1.54) is 19.3 Å². The van der Waals surface area contributed by atoms with Gasteiger partial charge in [-0.1, -0.05) is 33.1 Å². The number of hydrogen-bond acceptors (Lipinski definition) is 2. The smallest absolute Gasteiger partial charge is 0.317 e. The van der Waals surface area contributed by atoms with Crippen LogP contribution in [0.25, 0.3) is 0 Å². The lowest BCUT2D eigenvalue weighted by atomic mass is 9.83. The molecule has 1 saturated carbocycles. The van der Waals surface area contributed by atoms with E-state index < -0.39 is 5.60 Å².